The van der Waals surface area contributed by atoms with Crippen LogP contribution in [0, 0.1) is 0 Å². The number of benzene rings is 2. The summed E-state index contributed by atoms with van der Waals surface area (Å²) in [5, 5.41) is 9.00. The molecule has 104 valence electrons. The first-order valence-corrected chi connectivity index (χ1v) is 6.72. The summed E-state index contributed by atoms with van der Waals surface area (Å²) < 4.78 is 5.86. The number of para-hydroxylation sites is 1. The predicted octanol–water partition coefficient (Wildman–Crippen LogP) is 4.69. The Morgan fingerprint density at radius 2 is 1.95 bits per heavy atom. The van der Waals surface area contributed by atoms with Crippen LogP contribution < -0.4 is 4.74 Å². The second-order valence-corrected chi connectivity index (χ2v) is 4.78. The molecule has 1 N–H and O–H groups in total. The molecule has 0 aromatic heterocycles. The molecule has 0 radical (unpaired) electrons. The van der Waals surface area contributed by atoms with Crippen LogP contribution in [0.2, 0.25) is 0 Å². The first-order chi connectivity index (χ1) is 9.61. The minimum absolute atomic E-state index is 0.225. The van der Waals surface area contributed by atoms with E-state index in [1.54, 1.807) is 18.2 Å². The summed E-state index contributed by atoms with van der Waals surface area (Å²) in [6.45, 7) is 4.28. The van der Waals surface area contributed by atoms with Crippen LogP contribution >= 0.6 is 0 Å². The van der Waals surface area contributed by atoms with E-state index in [-0.39, 0.29) is 5.56 Å². The maximum Gasteiger partial charge on any atom is 0.335 e. The number of hydrogen-bond acceptors (Lipinski definition) is 2. The monoisotopic (exact) mass is 270 g/mol. The van der Waals surface area contributed by atoms with E-state index in [1.807, 2.05) is 24.3 Å². The maximum atomic E-state index is 11.0. The highest BCUT2D eigenvalue weighted by molar-refractivity contribution is 5.88. The summed E-state index contributed by atoms with van der Waals surface area (Å²) in [5.74, 6) is 0.768. The van der Waals surface area contributed by atoms with Crippen molar-refractivity contribution < 1.29 is 14.6 Å². The lowest BCUT2D eigenvalue weighted by Gasteiger charge is -2.15. The Labute approximate surface area is 118 Å². The van der Waals surface area contributed by atoms with E-state index in [0.29, 0.717) is 11.7 Å². The molecule has 0 saturated heterocycles. The lowest BCUT2D eigenvalue weighted by Crippen LogP contribution is -1.98. The normalized spacial score (nSPS) is 11.9. The van der Waals surface area contributed by atoms with Crippen molar-refractivity contribution in [3.63, 3.8) is 0 Å². The first kappa shape index (κ1) is 14.1. The van der Waals surface area contributed by atoms with Gasteiger partial charge in [-0.3, -0.25) is 0 Å². The molecule has 0 amide bonds. The average molecular weight is 270 g/mol. The molecule has 0 spiro atoms. The van der Waals surface area contributed by atoms with Gasteiger partial charge in [-0.25, -0.2) is 4.79 Å². The lowest BCUT2D eigenvalue weighted by molar-refractivity contribution is 0.0696. The van der Waals surface area contributed by atoms with E-state index >= 15 is 0 Å². The van der Waals surface area contributed by atoms with Crippen LogP contribution in [0.25, 0.3) is 0 Å². The zero-order valence-electron chi connectivity index (χ0n) is 11.7. The molecule has 1 atom stereocenters. The molecule has 0 aliphatic rings. The van der Waals surface area contributed by atoms with Crippen molar-refractivity contribution in [2.24, 2.45) is 0 Å². The van der Waals surface area contributed by atoms with Crippen LogP contribution in [0.1, 0.15) is 42.1 Å². The fraction of sp³-hybridized carbons (Fsp3) is 0.235. The fourth-order valence-corrected chi connectivity index (χ4v) is 2.02. The number of carboxylic acids is 1. The van der Waals surface area contributed by atoms with Crippen LogP contribution in [0.15, 0.2) is 48.5 Å². The van der Waals surface area contributed by atoms with Crippen LogP contribution in [0.5, 0.6) is 11.5 Å². The standard InChI is InChI=1S/C17H18O3/c1-3-12(2)15-9-4-5-10-16(15)20-14-8-6-7-13(11-14)17(18)19/h4-12H,3H2,1-2H3,(H,18,19). The number of aromatic carboxylic acids is 1. The van der Waals surface area contributed by atoms with Gasteiger partial charge >= 0.3 is 5.97 Å². The zero-order valence-corrected chi connectivity index (χ0v) is 11.7. The molecule has 0 aliphatic heterocycles. The molecule has 0 aliphatic carbocycles. The third-order valence-corrected chi connectivity index (χ3v) is 3.37. The molecule has 0 bridgehead atoms. The van der Waals surface area contributed by atoms with E-state index in [9.17, 15) is 4.79 Å². The van der Waals surface area contributed by atoms with Gasteiger partial charge in [0.05, 0.1) is 5.56 Å². The molecule has 3 heteroatoms. The molecular weight excluding hydrogens is 252 g/mol. The number of carbonyl (C=O) groups is 1. The fourth-order valence-electron chi connectivity index (χ4n) is 2.02. The van der Waals surface area contributed by atoms with Crippen molar-refractivity contribution in [1.29, 1.82) is 0 Å². The number of hydrogen-bond donors (Lipinski definition) is 1. The van der Waals surface area contributed by atoms with Gasteiger partial charge < -0.3 is 9.84 Å². The topological polar surface area (TPSA) is 46.5 Å². The lowest BCUT2D eigenvalue weighted by atomic mass is 9.98. The van der Waals surface area contributed by atoms with Gasteiger partial charge in [-0.1, -0.05) is 38.1 Å². The Bertz CT molecular complexity index is 605. The van der Waals surface area contributed by atoms with Gasteiger partial charge in [0.15, 0.2) is 0 Å². The van der Waals surface area contributed by atoms with E-state index in [0.717, 1.165) is 17.7 Å². The molecule has 2 aromatic rings. The van der Waals surface area contributed by atoms with Crippen LogP contribution in [-0.2, 0) is 0 Å². The Kier molecular flexibility index (Phi) is 4.41. The average Bonchev–Trinajstić information content (AvgIpc) is 2.47. The number of ether oxygens (including phenoxy) is 1. The van der Waals surface area contributed by atoms with Crippen molar-refractivity contribution in [2.75, 3.05) is 0 Å². The highest BCUT2D eigenvalue weighted by Gasteiger charge is 2.11. The Hall–Kier alpha value is -2.29. The molecule has 1 unspecified atom stereocenters. The first-order valence-electron chi connectivity index (χ1n) is 6.72. The van der Waals surface area contributed by atoms with Gasteiger partial charge in [-0.05, 0) is 42.2 Å². The Morgan fingerprint density at radius 3 is 2.65 bits per heavy atom. The van der Waals surface area contributed by atoms with E-state index < -0.39 is 5.97 Å². The number of carboxylic acid groups (broad SMARTS) is 1. The van der Waals surface area contributed by atoms with Crippen molar-refractivity contribution >= 4 is 5.97 Å². The molecule has 20 heavy (non-hydrogen) atoms. The molecule has 3 nitrogen and oxygen atoms in total. The number of rotatable bonds is 5. The van der Waals surface area contributed by atoms with Gasteiger partial charge in [0.25, 0.3) is 0 Å². The Morgan fingerprint density at radius 1 is 1.20 bits per heavy atom. The van der Waals surface area contributed by atoms with E-state index in [1.165, 1.54) is 6.07 Å². The third kappa shape index (κ3) is 3.18. The van der Waals surface area contributed by atoms with Crippen LogP contribution in [0.4, 0.5) is 0 Å². The van der Waals surface area contributed by atoms with Gasteiger partial charge in [0.2, 0.25) is 0 Å². The van der Waals surface area contributed by atoms with E-state index in [2.05, 4.69) is 13.8 Å². The zero-order chi connectivity index (χ0) is 14.5. The summed E-state index contributed by atoms with van der Waals surface area (Å²) in [5.41, 5.74) is 1.36. The summed E-state index contributed by atoms with van der Waals surface area (Å²) in [6, 6.07) is 14.4. The van der Waals surface area contributed by atoms with Crippen LogP contribution in [0.3, 0.4) is 0 Å². The minimum Gasteiger partial charge on any atom is -0.478 e. The molecule has 0 fully saturated rings. The highest BCUT2D eigenvalue weighted by atomic mass is 16.5. The van der Waals surface area contributed by atoms with Crippen molar-refractivity contribution in [2.45, 2.75) is 26.2 Å². The summed E-state index contributed by atoms with van der Waals surface area (Å²) in [4.78, 5) is 11.0. The second-order valence-electron chi connectivity index (χ2n) is 4.78. The molecule has 0 saturated carbocycles. The molecular formula is C17H18O3. The summed E-state index contributed by atoms with van der Waals surface area (Å²) in [7, 11) is 0. The van der Waals surface area contributed by atoms with Crippen molar-refractivity contribution in [3.05, 3.63) is 59.7 Å². The minimum atomic E-state index is -0.953. The maximum absolute atomic E-state index is 11.0. The molecule has 0 heterocycles. The highest BCUT2D eigenvalue weighted by Crippen LogP contribution is 2.32. The van der Waals surface area contributed by atoms with Crippen molar-refractivity contribution in [1.82, 2.24) is 0 Å². The molecule has 2 aromatic carbocycles. The summed E-state index contributed by atoms with van der Waals surface area (Å²) >= 11 is 0. The van der Waals surface area contributed by atoms with Gasteiger partial charge in [-0.2, -0.15) is 0 Å². The smallest absolute Gasteiger partial charge is 0.335 e. The van der Waals surface area contributed by atoms with E-state index in [4.69, 9.17) is 9.84 Å². The van der Waals surface area contributed by atoms with Gasteiger partial charge in [0.1, 0.15) is 11.5 Å². The van der Waals surface area contributed by atoms with Crippen LogP contribution in [-0.4, -0.2) is 11.1 Å². The molecule has 2 rings (SSSR count). The quantitative estimate of drug-likeness (QED) is 0.857. The largest absolute Gasteiger partial charge is 0.478 e. The third-order valence-electron chi connectivity index (χ3n) is 3.37. The van der Waals surface area contributed by atoms with Crippen molar-refractivity contribution in [3.8, 4) is 11.5 Å². The summed E-state index contributed by atoms with van der Waals surface area (Å²) in [6.07, 6.45) is 1.02. The van der Waals surface area contributed by atoms with Gasteiger partial charge in [-0.15, -0.1) is 0 Å². The predicted molar refractivity (Wildman–Crippen MR) is 78.6 cm³/mol. The SMILES string of the molecule is CCC(C)c1ccccc1Oc1cccc(C(=O)O)c1. The Balaban J connectivity index is 2.30. The second kappa shape index (κ2) is 6.24. The van der Waals surface area contributed by atoms with Gasteiger partial charge in [0, 0.05) is 0 Å².